The van der Waals surface area contributed by atoms with Gasteiger partial charge in [0, 0.05) is 5.69 Å². The Hall–Kier alpha value is -3.84. The van der Waals surface area contributed by atoms with Gasteiger partial charge in [-0.1, -0.05) is 36.4 Å². The number of carbonyl (C=O) groups excluding carboxylic acids is 2. The summed E-state index contributed by atoms with van der Waals surface area (Å²) >= 11 is 0. The summed E-state index contributed by atoms with van der Waals surface area (Å²) in [5.74, 6) is 1.12. The molecule has 2 amide bonds. The van der Waals surface area contributed by atoms with E-state index < -0.39 is 0 Å². The maximum atomic E-state index is 13.0. The van der Waals surface area contributed by atoms with Crippen LogP contribution in [0.25, 0.3) is 0 Å². The monoisotopic (exact) mass is 475 g/mol. The second kappa shape index (κ2) is 12.0. The van der Waals surface area contributed by atoms with Gasteiger partial charge in [-0.3, -0.25) is 14.5 Å². The smallest absolute Gasteiger partial charge is 0.238 e. The number of nitrogens with one attached hydrogen (secondary N) is 2. The molecule has 0 bridgehead atoms. The van der Waals surface area contributed by atoms with Crippen LogP contribution in [0.3, 0.4) is 0 Å². The number of anilines is 1. The van der Waals surface area contributed by atoms with E-state index in [0.29, 0.717) is 0 Å². The lowest BCUT2D eigenvalue weighted by molar-refractivity contribution is -0.123. The van der Waals surface area contributed by atoms with Gasteiger partial charge in [0.25, 0.3) is 0 Å². The van der Waals surface area contributed by atoms with Crippen molar-refractivity contribution in [2.75, 3.05) is 39.7 Å². The first-order valence-electron chi connectivity index (χ1n) is 11.4. The molecule has 0 aromatic heterocycles. The predicted octanol–water partition coefficient (Wildman–Crippen LogP) is 4.10. The Labute approximate surface area is 207 Å². The molecule has 0 aliphatic heterocycles. The third kappa shape index (κ3) is 7.07. The van der Waals surface area contributed by atoms with Gasteiger partial charge in [0.1, 0.15) is 11.5 Å². The Morgan fingerprint density at radius 2 is 1.31 bits per heavy atom. The van der Waals surface area contributed by atoms with Crippen LogP contribution in [0.15, 0.2) is 66.7 Å². The largest absolute Gasteiger partial charge is 0.497 e. The summed E-state index contributed by atoms with van der Waals surface area (Å²) in [6.45, 7) is 4.14. The van der Waals surface area contributed by atoms with Crippen LogP contribution in [0, 0.1) is 13.8 Å². The summed E-state index contributed by atoms with van der Waals surface area (Å²) in [6.07, 6.45) is 0. The van der Waals surface area contributed by atoms with Crippen molar-refractivity contribution < 1.29 is 19.1 Å². The first-order valence-corrected chi connectivity index (χ1v) is 11.4. The summed E-state index contributed by atoms with van der Waals surface area (Å²) in [7, 11) is 4.98. The number of hydrogen-bond acceptors (Lipinski definition) is 5. The second-order valence-corrected chi connectivity index (χ2v) is 8.51. The SMILES string of the molecule is COc1ccc(C(NC(=O)CN(C)CC(=O)Nc2cccc(C)c2C)c2ccc(OC)cc2)cc1. The molecule has 35 heavy (non-hydrogen) atoms. The van der Waals surface area contributed by atoms with E-state index in [1.54, 1.807) is 26.2 Å². The first kappa shape index (κ1) is 25.8. The molecule has 2 N–H and O–H groups in total. The summed E-state index contributed by atoms with van der Waals surface area (Å²) in [5, 5.41) is 6.03. The van der Waals surface area contributed by atoms with Gasteiger partial charge in [0.05, 0.1) is 33.4 Å². The number of carbonyl (C=O) groups is 2. The summed E-state index contributed by atoms with van der Waals surface area (Å²) in [6, 6.07) is 20.6. The number of nitrogens with zero attached hydrogens (tertiary/aromatic N) is 1. The van der Waals surface area contributed by atoms with Gasteiger partial charge in [-0.2, -0.15) is 0 Å². The molecule has 0 aliphatic rings. The molecule has 184 valence electrons. The zero-order valence-corrected chi connectivity index (χ0v) is 20.9. The van der Waals surface area contributed by atoms with Crippen molar-refractivity contribution in [1.29, 1.82) is 0 Å². The molecule has 3 aromatic rings. The Balaban J connectivity index is 1.66. The van der Waals surface area contributed by atoms with Crippen molar-refractivity contribution in [3.63, 3.8) is 0 Å². The van der Waals surface area contributed by atoms with Gasteiger partial charge >= 0.3 is 0 Å². The van der Waals surface area contributed by atoms with E-state index in [2.05, 4.69) is 10.6 Å². The highest BCUT2D eigenvalue weighted by Gasteiger charge is 2.19. The van der Waals surface area contributed by atoms with Crippen molar-refractivity contribution in [2.45, 2.75) is 19.9 Å². The van der Waals surface area contributed by atoms with Crippen LogP contribution in [0.5, 0.6) is 11.5 Å². The lowest BCUT2D eigenvalue weighted by Gasteiger charge is -2.23. The Bertz CT molecular complexity index is 1100. The van der Waals surface area contributed by atoms with Gasteiger partial charge in [0.2, 0.25) is 11.8 Å². The van der Waals surface area contributed by atoms with Crippen LogP contribution in [0.2, 0.25) is 0 Å². The number of ether oxygens (including phenoxy) is 2. The molecule has 3 aromatic carbocycles. The Morgan fingerprint density at radius 1 is 0.800 bits per heavy atom. The first-order chi connectivity index (χ1) is 16.8. The van der Waals surface area contributed by atoms with Crippen LogP contribution >= 0.6 is 0 Å². The minimum absolute atomic E-state index is 0.0724. The molecule has 0 saturated heterocycles. The number of likely N-dealkylation sites (N-methyl/N-ethyl adjacent to an activating group) is 1. The number of aryl methyl sites for hydroxylation is 1. The molecule has 0 atom stereocenters. The summed E-state index contributed by atoms with van der Waals surface area (Å²) < 4.78 is 10.5. The van der Waals surface area contributed by atoms with Crippen LogP contribution in [0.1, 0.15) is 28.3 Å². The van der Waals surface area contributed by atoms with Crippen molar-refractivity contribution in [3.05, 3.63) is 89.0 Å². The minimum atomic E-state index is -0.364. The fourth-order valence-electron chi connectivity index (χ4n) is 3.78. The molecule has 0 fully saturated rings. The molecule has 0 spiro atoms. The maximum Gasteiger partial charge on any atom is 0.238 e. The van der Waals surface area contributed by atoms with Crippen LogP contribution in [0.4, 0.5) is 5.69 Å². The quantitative estimate of drug-likeness (QED) is 0.462. The van der Waals surface area contributed by atoms with Crippen LogP contribution in [-0.4, -0.2) is 51.1 Å². The van der Waals surface area contributed by atoms with Gasteiger partial charge < -0.3 is 20.1 Å². The molecule has 0 radical (unpaired) electrons. The lowest BCUT2D eigenvalue weighted by atomic mass is 9.98. The highest BCUT2D eigenvalue weighted by Crippen LogP contribution is 2.26. The molecular weight excluding hydrogens is 442 g/mol. The maximum absolute atomic E-state index is 13.0. The van der Waals surface area contributed by atoms with Crippen molar-refractivity contribution >= 4 is 17.5 Å². The fourth-order valence-corrected chi connectivity index (χ4v) is 3.78. The number of methoxy groups -OCH3 is 2. The number of benzene rings is 3. The topological polar surface area (TPSA) is 79.9 Å². The van der Waals surface area contributed by atoms with Gasteiger partial charge in [-0.15, -0.1) is 0 Å². The number of amides is 2. The minimum Gasteiger partial charge on any atom is -0.497 e. The molecule has 7 nitrogen and oxygen atoms in total. The average Bonchev–Trinajstić information content (AvgIpc) is 2.85. The Morgan fingerprint density at radius 3 is 1.83 bits per heavy atom. The second-order valence-electron chi connectivity index (χ2n) is 8.51. The molecule has 7 heteroatoms. The van der Waals surface area contributed by atoms with E-state index in [-0.39, 0.29) is 30.9 Å². The van der Waals surface area contributed by atoms with E-state index in [1.807, 2.05) is 80.6 Å². The molecule has 0 heterocycles. The number of hydrogen-bond donors (Lipinski definition) is 2. The lowest BCUT2D eigenvalue weighted by Crippen LogP contribution is -2.40. The highest BCUT2D eigenvalue weighted by molar-refractivity contribution is 5.93. The molecule has 0 aliphatic carbocycles. The van der Waals surface area contributed by atoms with Crippen molar-refractivity contribution in [3.8, 4) is 11.5 Å². The molecular formula is C28H33N3O4. The fraction of sp³-hybridized carbons (Fsp3) is 0.286. The van der Waals surface area contributed by atoms with Crippen molar-refractivity contribution in [1.82, 2.24) is 10.2 Å². The van der Waals surface area contributed by atoms with Crippen LogP contribution < -0.4 is 20.1 Å². The molecule has 0 unspecified atom stereocenters. The third-order valence-corrected chi connectivity index (χ3v) is 5.91. The van der Waals surface area contributed by atoms with Gasteiger partial charge in [-0.25, -0.2) is 0 Å². The number of rotatable bonds is 10. The zero-order valence-electron chi connectivity index (χ0n) is 20.9. The molecule has 3 rings (SSSR count). The van der Waals surface area contributed by atoms with E-state index in [1.165, 1.54) is 0 Å². The standard InChI is InChI=1S/C28H33N3O4/c1-19-7-6-8-25(20(19)2)29-26(32)17-31(3)18-27(33)30-28(21-9-13-23(34-4)14-10-21)22-11-15-24(35-5)16-12-22/h6-16,28H,17-18H2,1-5H3,(H,29,32)(H,30,33). The van der Waals surface area contributed by atoms with E-state index in [0.717, 1.165) is 39.4 Å². The van der Waals surface area contributed by atoms with Crippen LogP contribution in [-0.2, 0) is 9.59 Å². The normalized spacial score (nSPS) is 10.8. The van der Waals surface area contributed by atoms with Crippen molar-refractivity contribution in [2.24, 2.45) is 0 Å². The van der Waals surface area contributed by atoms with E-state index >= 15 is 0 Å². The highest BCUT2D eigenvalue weighted by atomic mass is 16.5. The average molecular weight is 476 g/mol. The predicted molar refractivity (Wildman–Crippen MR) is 138 cm³/mol. The summed E-state index contributed by atoms with van der Waals surface area (Å²) in [5.41, 5.74) is 4.76. The molecule has 0 saturated carbocycles. The van der Waals surface area contributed by atoms with E-state index in [9.17, 15) is 9.59 Å². The van der Waals surface area contributed by atoms with Gasteiger partial charge in [-0.05, 0) is 73.5 Å². The van der Waals surface area contributed by atoms with Gasteiger partial charge in [0.15, 0.2) is 0 Å². The zero-order chi connectivity index (χ0) is 25.4. The van der Waals surface area contributed by atoms with E-state index in [4.69, 9.17) is 9.47 Å². The Kier molecular flexibility index (Phi) is 8.86. The third-order valence-electron chi connectivity index (χ3n) is 5.91. The summed E-state index contributed by atoms with van der Waals surface area (Å²) in [4.78, 5) is 27.2.